The molecule has 3 aromatic rings. The smallest absolute Gasteiger partial charge is 0.416 e. The van der Waals surface area contributed by atoms with E-state index < -0.39 is 11.7 Å². The Morgan fingerprint density at radius 2 is 1.04 bits per heavy atom. The van der Waals surface area contributed by atoms with Gasteiger partial charge in [0, 0.05) is 0 Å². The fourth-order valence-electron chi connectivity index (χ4n) is 2.22. The van der Waals surface area contributed by atoms with Crippen LogP contribution in [0.25, 0.3) is 11.1 Å². The molecule has 3 aromatic carbocycles. The maximum absolute atomic E-state index is 12.6. The zero-order valence-corrected chi connectivity index (χ0v) is 12.4. The minimum atomic E-state index is -4.33. The second-order valence-corrected chi connectivity index (χ2v) is 5.20. The third-order valence-corrected chi connectivity index (χ3v) is 3.47. The van der Waals surface area contributed by atoms with E-state index in [-0.39, 0.29) is 5.75 Å². The average molecular weight is 330 g/mol. The summed E-state index contributed by atoms with van der Waals surface area (Å²) in [6.07, 6.45) is -4.33. The molecular weight excluding hydrogens is 317 g/mol. The molecule has 0 aliphatic rings. The molecular formula is C19H13F3O2. The van der Waals surface area contributed by atoms with E-state index in [4.69, 9.17) is 4.74 Å². The first-order chi connectivity index (χ1) is 11.4. The highest BCUT2D eigenvalue weighted by Gasteiger charge is 2.29. The predicted octanol–water partition coefficient (Wildman–Crippen LogP) is 5.87. The van der Waals surface area contributed by atoms with E-state index in [2.05, 4.69) is 0 Å². The maximum atomic E-state index is 12.6. The fourth-order valence-corrected chi connectivity index (χ4v) is 2.22. The molecule has 0 aliphatic heterocycles. The normalized spacial score (nSPS) is 11.3. The van der Waals surface area contributed by atoms with Crippen molar-refractivity contribution < 1.29 is 23.0 Å². The number of phenols is 1. The van der Waals surface area contributed by atoms with Crippen molar-refractivity contribution >= 4 is 0 Å². The number of hydrogen-bond donors (Lipinski definition) is 1. The van der Waals surface area contributed by atoms with Gasteiger partial charge in [-0.05, 0) is 59.7 Å². The molecule has 122 valence electrons. The third-order valence-electron chi connectivity index (χ3n) is 3.47. The van der Waals surface area contributed by atoms with Gasteiger partial charge < -0.3 is 9.84 Å². The van der Waals surface area contributed by atoms with E-state index in [9.17, 15) is 18.3 Å². The summed E-state index contributed by atoms with van der Waals surface area (Å²) in [7, 11) is 0. The minimum absolute atomic E-state index is 0.153. The lowest BCUT2D eigenvalue weighted by Gasteiger charge is -2.09. The van der Waals surface area contributed by atoms with Crippen LogP contribution in [0.1, 0.15) is 5.56 Å². The standard InChI is InChI=1S/C19H13F3O2/c20-19(21,22)15-5-1-13(2-6-15)14-3-9-17(10-4-14)24-18-11-7-16(23)8-12-18/h1-12,23H. The summed E-state index contributed by atoms with van der Waals surface area (Å²) >= 11 is 0. The minimum Gasteiger partial charge on any atom is -0.508 e. The van der Waals surface area contributed by atoms with Gasteiger partial charge in [0.05, 0.1) is 5.56 Å². The summed E-state index contributed by atoms with van der Waals surface area (Å²) in [6, 6.07) is 18.4. The Kier molecular flexibility index (Phi) is 4.16. The van der Waals surface area contributed by atoms with Gasteiger partial charge in [0.1, 0.15) is 17.2 Å². The van der Waals surface area contributed by atoms with Crippen molar-refractivity contribution in [2.75, 3.05) is 0 Å². The highest BCUT2D eigenvalue weighted by Crippen LogP contribution is 2.32. The van der Waals surface area contributed by atoms with E-state index >= 15 is 0 Å². The van der Waals surface area contributed by atoms with E-state index in [1.165, 1.54) is 24.3 Å². The molecule has 0 unspecified atom stereocenters. The number of alkyl halides is 3. The van der Waals surface area contributed by atoms with E-state index in [1.54, 1.807) is 36.4 Å². The van der Waals surface area contributed by atoms with Crippen LogP contribution in [-0.2, 0) is 6.18 Å². The molecule has 0 saturated carbocycles. The summed E-state index contributed by atoms with van der Waals surface area (Å²) in [5.41, 5.74) is 0.819. The number of ether oxygens (including phenoxy) is 1. The first kappa shape index (κ1) is 15.9. The van der Waals surface area contributed by atoms with Gasteiger partial charge in [0.25, 0.3) is 0 Å². The SMILES string of the molecule is Oc1ccc(Oc2ccc(-c3ccc(C(F)(F)F)cc3)cc2)cc1. The summed E-state index contributed by atoms with van der Waals surface area (Å²) in [5.74, 6) is 1.33. The Balaban J connectivity index is 1.75. The van der Waals surface area contributed by atoms with Crippen LogP contribution in [-0.4, -0.2) is 5.11 Å². The zero-order valence-electron chi connectivity index (χ0n) is 12.4. The highest BCUT2D eigenvalue weighted by molar-refractivity contribution is 5.64. The number of halogens is 3. The molecule has 3 rings (SSSR count). The van der Waals surface area contributed by atoms with Crippen molar-refractivity contribution in [2.45, 2.75) is 6.18 Å². The average Bonchev–Trinajstić information content (AvgIpc) is 2.57. The lowest BCUT2D eigenvalue weighted by molar-refractivity contribution is -0.137. The predicted molar refractivity (Wildman–Crippen MR) is 85.1 cm³/mol. The van der Waals surface area contributed by atoms with Crippen LogP contribution in [0.15, 0.2) is 72.8 Å². The molecule has 0 saturated heterocycles. The maximum Gasteiger partial charge on any atom is 0.416 e. The Hall–Kier alpha value is -2.95. The fraction of sp³-hybridized carbons (Fsp3) is 0.0526. The number of aromatic hydroxyl groups is 1. The molecule has 5 heteroatoms. The summed E-state index contributed by atoms with van der Waals surface area (Å²) < 4.78 is 43.4. The van der Waals surface area contributed by atoms with Crippen molar-refractivity contribution in [1.82, 2.24) is 0 Å². The molecule has 1 N–H and O–H groups in total. The molecule has 0 heterocycles. The van der Waals surface area contributed by atoms with Gasteiger partial charge in [0.2, 0.25) is 0 Å². The topological polar surface area (TPSA) is 29.5 Å². The van der Waals surface area contributed by atoms with Gasteiger partial charge >= 0.3 is 6.18 Å². The molecule has 0 amide bonds. The Morgan fingerprint density at radius 3 is 1.50 bits per heavy atom. The van der Waals surface area contributed by atoms with Gasteiger partial charge in [-0.1, -0.05) is 24.3 Å². The van der Waals surface area contributed by atoms with Crippen LogP contribution in [0.5, 0.6) is 17.2 Å². The zero-order chi connectivity index (χ0) is 17.2. The van der Waals surface area contributed by atoms with Gasteiger partial charge in [-0.3, -0.25) is 0 Å². The Bertz CT molecular complexity index is 805. The third kappa shape index (κ3) is 3.68. The van der Waals surface area contributed by atoms with Crippen molar-refractivity contribution in [3.63, 3.8) is 0 Å². The number of phenolic OH excluding ortho intramolecular Hbond substituents is 1. The first-order valence-corrected chi connectivity index (χ1v) is 7.16. The molecule has 0 radical (unpaired) electrons. The van der Waals surface area contributed by atoms with E-state index in [1.807, 2.05) is 0 Å². The largest absolute Gasteiger partial charge is 0.508 e. The summed E-state index contributed by atoms with van der Waals surface area (Å²) in [5, 5.41) is 9.23. The van der Waals surface area contributed by atoms with Crippen LogP contribution < -0.4 is 4.74 Å². The lowest BCUT2D eigenvalue weighted by Crippen LogP contribution is -2.03. The van der Waals surface area contributed by atoms with Gasteiger partial charge in [-0.2, -0.15) is 13.2 Å². The Labute approximate surface area is 136 Å². The van der Waals surface area contributed by atoms with Crippen LogP contribution in [0.3, 0.4) is 0 Å². The molecule has 0 fully saturated rings. The molecule has 0 bridgehead atoms. The van der Waals surface area contributed by atoms with Crippen LogP contribution in [0.2, 0.25) is 0 Å². The highest BCUT2D eigenvalue weighted by atomic mass is 19.4. The van der Waals surface area contributed by atoms with Crippen molar-refractivity contribution in [1.29, 1.82) is 0 Å². The summed E-state index contributed by atoms with van der Waals surface area (Å²) in [6.45, 7) is 0. The van der Waals surface area contributed by atoms with Crippen molar-refractivity contribution in [2.24, 2.45) is 0 Å². The number of benzene rings is 3. The molecule has 0 atom stereocenters. The quantitative estimate of drug-likeness (QED) is 0.651. The van der Waals surface area contributed by atoms with E-state index in [0.29, 0.717) is 17.1 Å². The first-order valence-electron chi connectivity index (χ1n) is 7.16. The molecule has 0 aromatic heterocycles. The monoisotopic (exact) mass is 330 g/mol. The van der Waals surface area contributed by atoms with Gasteiger partial charge in [-0.25, -0.2) is 0 Å². The number of rotatable bonds is 3. The number of hydrogen-bond acceptors (Lipinski definition) is 2. The van der Waals surface area contributed by atoms with Crippen LogP contribution in [0.4, 0.5) is 13.2 Å². The molecule has 24 heavy (non-hydrogen) atoms. The van der Waals surface area contributed by atoms with E-state index in [0.717, 1.165) is 17.7 Å². The van der Waals surface area contributed by atoms with Crippen LogP contribution >= 0.6 is 0 Å². The second-order valence-electron chi connectivity index (χ2n) is 5.20. The molecule has 0 aliphatic carbocycles. The lowest BCUT2D eigenvalue weighted by atomic mass is 10.0. The Morgan fingerprint density at radius 1 is 0.625 bits per heavy atom. The second kappa shape index (κ2) is 6.28. The van der Waals surface area contributed by atoms with Crippen molar-refractivity contribution in [3.8, 4) is 28.4 Å². The molecule has 2 nitrogen and oxygen atoms in total. The van der Waals surface area contributed by atoms with Crippen molar-refractivity contribution in [3.05, 3.63) is 78.4 Å². The van der Waals surface area contributed by atoms with Gasteiger partial charge in [0.15, 0.2) is 0 Å². The molecule has 0 spiro atoms. The summed E-state index contributed by atoms with van der Waals surface area (Å²) in [4.78, 5) is 0. The van der Waals surface area contributed by atoms with Crippen LogP contribution in [0, 0.1) is 0 Å². The van der Waals surface area contributed by atoms with Gasteiger partial charge in [-0.15, -0.1) is 0 Å².